The molecule has 1 aliphatic heterocycles. The van der Waals surface area contributed by atoms with Gasteiger partial charge in [0, 0.05) is 12.2 Å². The number of nitrogens with one attached hydrogen (secondary N) is 3. The highest BCUT2D eigenvalue weighted by Gasteiger charge is 2.39. The van der Waals surface area contributed by atoms with Gasteiger partial charge in [0.25, 0.3) is 0 Å². The van der Waals surface area contributed by atoms with Crippen LogP contribution in [0.2, 0.25) is 0 Å². The van der Waals surface area contributed by atoms with E-state index in [4.69, 9.17) is 0 Å². The van der Waals surface area contributed by atoms with E-state index >= 15 is 0 Å². The highest BCUT2D eigenvalue weighted by atomic mass is 32.2. The van der Waals surface area contributed by atoms with Crippen molar-refractivity contribution in [1.29, 1.82) is 0 Å². The fraction of sp³-hybridized carbons (Fsp3) is 0.500. The van der Waals surface area contributed by atoms with Crippen molar-refractivity contribution < 1.29 is 13.2 Å². The van der Waals surface area contributed by atoms with Crippen LogP contribution in [0.15, 0.2) is 29.2 Å². The minimum absolute atomic E-state index is 0.0146. The molecule has 1 unspecified atom stereocenters. The molecule has 0 saturated carbocycles. The largest absolute Gasteiger partial charge is 0.326 e. The van der Waals surface area contributed by atoms with Crippen LogP contribution >= 0.6 is 0 Å². The molecule has 116 valence electrons. The molecule has 1 amide bonds. The molecule has 1 aromatic rings. The Kier molecular flexibility index (Phi) is 4.65. The summed E-state index contributed by atoms with van der Waals surface area (Å²) < 4.78 is 25.5. The maximum Gasteiger partial charge on any atom is 0.240 e. The van der Waals surface area contributed by atoms with E-state index in [9.17, 15) is 13.2 Å². The molecule has 1 saturated heterocycles. The molecule has 7 heteroatoms. The molecule has 1 heterocycles. The maximum absolute atomic E-state index is 12.4. The summed E-state index contributed by atoms with van der Waals surface area (Å²) >= 11 is 0. The summed E-state index contributed by atoms with van der Waals surface area (Å²) in [5, 5.41) is 6.10. The SMILES string of the molecule is CCC1(C(=O)Nc2ccc(S(=O)(=O)NC)cc2)CCNC1. The second-order valence-corrected chi connectivity index (χ2v) is 7.13. The van der Waals surface area contributed by atoms with Crippen molar-refractivity contribution in [2.45, 2.75) is 24.7 Å². The summed E-state index contributed by atoms with van der Waals surface area (Å²) in [6.45, 7) is 3.54. The normalized spacial score (nSPS) is 22.2. The molecule has 0 aromatic heterocycles. The Morgan fingerprint density at radius 3 is 2.48 bits per heavy atom. The molecule has 1 fully saturated rings. The van der Waals surface area contributed by atoms with Gasteiger partial charge in [0.15, 0.2) is 0 Å². The summed E-state index contributed by atoms with van der Waals surface area (Å²) in [7, 11) is -2.08. The van der Waals surface area contributed by atoms with Gasteiger partial charge in [-0.1, -0.05) is 6.92 Å². The van der Waals surface area contributed by atoms with Crippen LogP contribution in [0.1, 0.15) is 19.8 Å². The lowest BCUT2D eigenvalue weighted by Gasteiger charge is -2.25. The first-order valence-corrected chi connectivity index (χ1v) is 8.48. The van der Waals surface area contributed by atoms with Crippen molar-refractivity contribution >= 4 is 21.6 Å². The number of anilines is 1. The molecular formula is C14H21N3O3S. The first kappa shape index (κ1) is 15.9. The van der Waals surface area contributed by atoms with Gasteiger partial charge in [0.1, 0.15) is 0 Å². The number of carbonyl (C=O) groups excluding carboxylic acids is 1. The fourth-order valence-corrected chi connectivity index (χ4v) is 3.23. The fourth-order valence-electron chi connectivity index (χ4n) is 2.50. The van der Waals surface area contributed by atoms with Crippen LogP contribution in [0, 0.1) is 5.41 Å². The van der Waals surface area contributed by atoms with Gasteiger partial charge < -0.3 is 10.6 Å². The van der Waals surface area contributed by atoms with E-state index in [1.807, 2.05) is 6.92 Å². The van der Waals surface area contributed by atoms with E-state index < -0.39 is 10.0 Å². The number of carbonyl (C=O) groups is 1. The highest BCUT2D eigenvalue weighted by molar-refractivity contribution is 7.89. The van der Waals surface area contributed by atoms with E-state index in [2.05, 4.69) is 15.4 Å². The van der Waals surface area contributed by atoms with Gasteiger partial charge in [-0.3, -0.25) is 4.79 Å². The van der Waals surface area contributed by atoms with Crippen molar-refractivity contribution in [2.24, 2.45) is 5.41 Å². The number of hydrogen-bond donors (Lipinski definition) is 3. The van der Waals surface area contributed by atoms with Crippen LogP contribution in [0.25, 0.3) is 0 Å². The third-order valence-corrected chi connectivity index (χ3v) is 5.52. The van der Waals surface area contributed by atoms with E-state index in [0.29, 0.717) is 12.2 Å². The second-order valence-electron chi connectivity index (χ2n) is 5.25. The second kappa shape index (κ2) is 6.13. The predicted octanol–water partition coefficient (Wildman–Crippen LogP) is 0.923. The van der Waals surface area contributed by atoms with Crippen molar-refractivity contribution in [3.63, 3.8) is 0 Å². The van der Waals surface area contributed by atoms with Crippen LogP contribution in [-0.2, 0) is 14.8 Å². The molecule has 1 aromatic carbocycles. The minimum atomic E-state index is -3.45. The lowest BCUT2D eigenvalue weighted by atomic mass is 9.83. The summed E-state index contributed by atoms with van der Waals surface area (Å²) in [6.07, 6.45) is 1.60. The van der Waals surface area contributed by atoms with Crippen LogP contribution in [0.5, 0.6) is 0 Å². The summed E-state index contributed by atoms with van der Waals surface area (Å²) in [5.74, 6) is -0.0146. The Morgan fingerprint density at radius 2 is 2.00 bits per heavy atom. The number of amides is 1. The van der Waals surface area contributed by atoms with Crippen molar-refractivity contribution in [3.8, 4) is 0 Å². The minimum Gasteiger partial charge on any atom is -0.326 e. The molecule has 3 N–H and O–H groups in total. The lowest BCUT2D eigenvalue weighted by molar-refractivity contribution is -0.124. The van der Waals surface area contributed by atoms with Crippen molar-refractivity contribution in [3.05, 3.63) is 24.3 Å². The molecule has 21 heavy (non-hydrogen) atoms. The zero-order valence-electron chi connectivity index (χ0n) is 12.3. The molecule has 6 nitrogen and oxygen atoms in total. The zero-order chi connectivity index (χ0) is 15.5. The van der Waals surface area contributed by atoms with Gasteiger partial charge in [-0.05, 0) is 50.7 Å². The topological polar surface area (TPSA) is 87.3 Å². The monoisotopic (exact) mass is 311 g/mol. The highest BCUT2D eigenvalue weighted by Crippen LogP contribution is 2.31. The van der Waals surface area contributed by atoms with Gasteiger partial charge in [-0.2, -0.15) is 0 Å². The Labute approximate surface area is 125 Å². The molecule has 2 rings (SSSR count). The summed E-state index contributed by atoms with van der Waals surface area (Å²) in [4.78, 5) is 12.6. The molecule has 1 atom stereocenters. The summed E-state index contributed by atoms with van der Waals surface area (Å²) in [6, 6.07) is 6.17. The number of hydrogen-bond acceptors (Lipinski definition) is 4. The van der Waals surface area contributed by atoms with E-state index in [1.165, 1.54) is 19.2 Å². The first-order chi connectivity index (χ1) is 9.93. The predicted molar refractivity (Wildman–Crippen MR) is 81.5 cm³/mol. The Morgan fingerprint density at radius 1 is 1.33 bits per heavy atom. The lowest BCUT2D eigenvalue weighted by Crippen LogP contribution is -2.37. The summed E-state index contributed by atoms with van der Waals surface area (Å²) in [5.41, 5.74) is 0.241. The number of sulfonamides is 1. The van der Waals surface area contributed by atoms with Crippen LogP contribution in [-0.4, -0.2) is 34.5 Å². The van der Waals surface area contributed by atoms with Gasteiger partial charge in [-0.15, -0.1) is 0 Å². The number of rotatable bonds is 5. The quantitative estimate of drug-likeness (QED) is 0.755. The maximum atomic E-state index is 12.4. The average Bonchev–Trinajstić information content (AvgIpc) is 2.98. The van der Waals surface area contributed by atoms with Gasteiger partial charge >= 0.3 is 0 Å². The molecule has 0 spiro atoms. The molecule has 0 bridgehead atoms. The Hall–Kier alpha value is -1.44. The van der Waals surface area contributed by atoms with Gasteiger partial charge in [-0.25, -0.2) is 13.1 Å². The first-order valence-electron chi connectivity index (χ1n) is 6.99. The zero-order valence-corrected chi connectivity index (χ0v) is 13.1. The molecule has 1 aliphatic rings. The molecule has 0 radical (unpaired) electrons. The smallest absolute Gasteiger partial charge is 0.240 e. The van der Waals surface area contributed by atoms with Gasteiger partial charge in [0.05, 0.1) is 10.3 Å². The van der Waals surface area contributed by atoms with Crippen LogP contribution in [0.4, 0.5) is 5.69 Å². The average molecular weight is 311 g/mol. The van der Waals surface area contributed by atoms with Crippen LogP contribution in [0.3, 0.4) is 0 Å². The molecule has 0 aliphatic carbocycles. The Bertz CT molecular complexity index is 605. The van der Waals surface area contributed by atoms with Crippen molar-refractivity contribution in [1.82, 2.24) is 10.0 Å². The Balaban J connectivity index is 2.12. The number of benzene rings is 1. The van der Waals surface area contributed by atoms with E-state index in [-0.39, 0.29) is 16.2 Å². The van der Waals surface area contributed by atoms with Crippen molar-refractivity contribution in [2.75, 3.05) is 25.5 Å². The van der Waals surface area contributed by atoms with Gasteiger partial charge in [0.2, 0.25) is 15.9 Å². The van der Waals surface area contributed by atoms with E-state index in [0.717, 1.165) is 19.4 Å². The standard InChI is InChI=1S/C14H21N3O3S/c1-3-14(8-9-16-10-14)13(18)17-11-4-6-12(7-5-11)21(19,20)15-2/h4-7,15-16H,3,8-10H2,1-2H3,(H,17,18). The van der Waals surface area contributed by atoms with Crippen LogP contribution < -0.4 is 15.4 Å². The van der Waals surface area contributed by atoms with E-state index in [1.54, 1.807) is 12.1 Å². The molecular weight excluding hydrogens is 290 g/mol. The third-order valence-electron chi connectivity index (χ3n) is 4.09. The third kappa shape index (κ3) is 3.25.